The van der Waals surface area contributed by atoms with E-state index in [9.17, 15) is 0 Å². The summed E-state index contributed by atoms with van der Waals surface area (Å²) in [7, 11) is 0. The maximum atomic E-state index is 9.00. The summed E-state index contributed by atoms with van der Waals surface area (Å²) in [5.74, 6) is 8.22. The Labute approximate surface area is 69.8 Å². The smallest absolute Gasteiger partial charge is 0.189 e. The predicted molar refractivity (Wildman–Crippen MR) is 48.3 cm³/mol. The van der Waals surface area contributed by atoms with Crippen LogP contribution in [-0.4, -0.2) is 10.1 Å². The molecule has 1 aromatic heterocycles. The fourth-order valence-corrected chi connectivity index (χ4v) is 1.06. The van der Waals surface area contributed by atoms with Crippen LogP contribution in [0.1, 0.15) is 0 Å². The van der Waals surface area contributed by atoms with Gasteiger partial charge in [0.2, 0.25) is 0 Å². The standard InChI is InChI=1S/C8H7NO.H4N2/c10-8-5-6-3-1-2-4-7(6)9-8;1-2/h1-5,9-10H;1-2H2. The molecule has 1 heterocycles. The Kier molecular flexibility index (Phi) is 2.68. The second-order valence-electron chi connectivity index (χ2n) is 2.24. The lowest BCUT2D eigenvalue weighted by Gasteiger charge is -1.83. The Morgan fingerprint density at radius 3 is 2.50 bits per heavy atom. The normalized spacial score (nSPS) is 9.17. The molecular weight excluding hydrogens is 154 g/mol. The molecule has 1 aromatic carbocycles. The highest BCUT2D eigenvalue weighted by molar-refractivity contribution is 5.80. The summed E-state index contributed by atoms with van der Waals surface area (Å²) >= 11 is 0. The molecule has 64 valence electrons. The van der Waals surface area contributed by atoms with E-state index in [0.717, 1.165) is 10.9 Å². The number of hydrogen-bond acceptors (Lipinski definition) is 3. The van der Waals surface area contributed by atoms with Gasteiger partial charge in [0.1, 0.15) is 0 Å². The summed E-state index contributed by atoms with van der Waals surface area (Å²) in [5.41, 5.74) is 0.972. The first kappa shape index (κ1) is 8.58. The summed E-state index contributed by atoms with van der Waals surface area (Å²) in [6.07, 6.45) is 0. The second kappa shape index (κ2) is 3.75. The maximum absolute atomic E-state index is 9.00. The third-order valence-electron chi connectivity index (χ3n) is 1.52. The van der Waals surface area contributed by atoms with Crippen molar-refractivity contribution >= 4 is 10.9 Å². The van der Waals surface area contributed by atoms with Crippen molar-refractivity contribution in [3.63, 3.8) is 0 Å². The van der Waals surface area contributed by atoms with Crippen molar-refractivity contribution in [2.24, 2.45) is 11.7 Å². The molecule has 0 saturated heterocycles. The van der Waals surface area contributed by atoms with Gasteiger partial charge in [0.15, 0.2) is 5.88 Å². The lowest BCUT2D eigenvalue weighted by molar-refractivity contribution is 0.458. The van der Waals surface area contributed by atoms with E-state index in [-0.39, 0.29) is 5.88 Å². The molecule has 0 atom stereocenters. The van der Waals surface area contributed by atoms with Crippen LogP contribution in [0.3, 0.4) is 0 Å². The lowest BCUT2D eigenvalue weighted by Crippen LogP contribution is -2.02. The average Bonchev–Trinajstić information content (AvgIpc) is 2.48. The Balaban J connectivity index is 0.000000336. The number of aromatic hydroxyl groups is 1. The Morgan fingerprint density at radius 2 is 1.83 bits per heavy atom. The molecule has 0 aliphatic heterocycles. The number of hydrogen-bond donors (Lipinski definition) is 4. The van der Waals surface area contributed by atoms with Gasteiger partial charge in [0.25, 0.3) is 0 Å². The SMILES string of the molecule is NN.Oc1cc2ccccc2[nH]1. The molecule has 4 nitrogen and oxygen atoms in total. The van der Waals surface area contributed by atoms with Crippen molar-refractivity contribution in [2.45, 2.75) is 0 Å². The van der Waals surface area contributed by atoms with E-state index < -0.39 is 0 Å². The van der Waals surface area contributed by atoms with Crippen LogP contribution in [0.15, 0.2) is 30.3 Å². The number of nitrogens with one attached hydrogen (secondary N) is 1. The van der Waals surface area contributed by atoms with Gasteiger partial charge in [-0.2, -0.15) is 0 Å². The Morgan fingerprint density at radius 1 is 1.17 bits per heavy atom. The number of aromatic amines is 1. The number of para-hydroxylation sites is 1. The molecule has 0 fully saturated rings. The van der Waals surface area contributed by atoms with E-state index >= 15 is 0 Å². The first-order valence-electron chi connectivity index (χ1n) is 3.46. The van der Waals surface area contributed by atoms with Gasteiger partial charge in [-0.15, -0.1) is 0 Å². The molecule has 0 unspecified atom stereocenters. The van der Waals surface area contributed by atoms with Gasteiger partial charge < -0.3 is 10.1 Å². The molecule has 2 aromatic rings. The molecule has 4 heteroatoms. The number of benzene rings is 1. The van der Waals surface area contributed by atoms with Crippen molar-refractivity contribution in [1.29, 1.82) is 0 Å². The lowest BCUT2D eigenvalue weighted by atomic mass is 10.3. The quantitative estimate of drug-likeness (QED) is 0.342. The fraction of sp³-hybridized carbons (Fsp3) is 0. The zero-order valence-corrected chi connectivity index (χ0v) is 6.49. The minimum Gasteiger partial charge on any atom is -0.495 e. The summed E-state index contributed by atoms with van der Waals surface area (Å²) in [5, 5.41) is 10.0. The van der Waals surface area contributed by atoms with Crippen molar-refractivity contribution in [1.82, 2.24) is 4.98 Å². The highest BCUT2D eigenvalue weighted by atomic mass is 16.3. The highest BCUT2D eigenvalue weighted by Gasteiger charge is 1.94. The van der Waals surface area contributed by atoms with Crippen LogP contribution >= 0.6 is 0 Å². The topological polar surface area (TPSA) is 88.1 Å². The van der Waals surface area contributed by atoms with Crippen molar-refractivity contribution in [2.75, 3.05) is 0 Å². The first-order valence-corrected chi connectivity index (χ1v) is 3.46. The minimum atomic E-state index is 0.223. The predicted octanol–water partition coefficient (Wildman–Crippen LogP) is 0.692. The largest absolute Gasteiger partial charge is 0.495 e. The summed E-state index contributed by atoms with van der Waals surface area (Å²) in [4.78, 5) is 2.81. The van der Waals surface area contributed by atoms with E-state index in [1.807, 2.05) is 24.3 Å². The van der Waals surface area contributed by atoms with E-state index in [2.05, 4.69) is 16.7 Å². The molecule has 0 radical (unpaired) electrons. The van der Waals surface area contributed by atoms with E-state index in [0.29, 0.717) is 0 Å². The van der Waals surface area contributed by atoms with E-state index in [1.165, 1.54) is 0 Å². The molecule has 0 aliphatic rings. The zero-order valence-electron chi connectivity index (χ0n) is 6.49. The number of nitrogens with two attached hydrogens (primary N) is 2. The summed E-state index contributed by atoms with van der Waals surface area (Å²) in [6.45, 7) is 0. The Bertz CT molecular complexity index is 323. The minimum absolute atomic E-state index is 0.223. The van der Waals surface area contributed by atoms with Crippen LogP contribution in [0.4, 0.5) is 0 Å². The molecule has 0 spiro atoms. The number of hydrazine groups is 1. The Hall–Kier alpha value is -1.52. The first-order chi connectivity index (χ1) is 5.86. The molecule has 0 aliphatic carbocycles. The van der Waals surface area contributed by atoms with Crippen LogP contribution in [0.5, 0.6) is 5.88 Å². The third kappa shape index (κ3) is 1.55. The van der Waals surface area contributed by atoms with Crippen molar-refractivity contribution in [3.05, 3.63) is 30.3 Å². The van der Waals surface area contributed by atoms with Crippen LogP contribution in [0, 0.1) is 0 Å². The molecule has 0 amide bonds. The number of fused-ring (bicyclic) bond motifs is 1. The van der Waals surface area contributed by atoms with Crippen molar-refractivity contribution in [3.8, 4) is 5.88 Å². The zero-order chi connectivity index (χ0) is 8.97. The van der Waals surface area contributed by atoms with Crippen molar-refractivity contribution < 1.29 is 5.11 Å². The fourth-order valence-electron chi connectivity index (χ4n) is 1.06. The number of H-pyrrole nitrogens is 1. The van der Waals surface area contributed by atoms with Gasteiger partial charge >= 0.3 is 0 Å². The maximum Gasteiger partial charge on any atom is 0.189 e. The monoisotopic (exact) mass is 165 g/mol. The average molecular weight is 165 g/mol. The van der Waals surface area contributed by atoms with Gasteiger partial charge in [0, 0.05) is 17.0 Å². The van der Waals surface area contributed by atoms with Gasteiger partial charge in [-0.1, -0.05) is 18.2 Å². The third-order valence-corrected chi connectivity index (χ3v) is 1.52. The van der Waals surface area contributed by atoms with E-state index in [4.69, 9.17) is 5.11 Å². The van der Waals surface area contributed by atoms with Gasteiger partial charge in [-0.3, -0.25) is 11.7 Å². The van der Waals surface area contributed by atoms with Crippen LogP contribution < -0.4 is 11.7 Å². The summed E-state index contributed by atoms with van der Waals surface area (Å²) in [6, 6.07) is 9.45. The number of aromatic nitrogens is 1. The van der Waals surface area contributed by atoms with Gasteiger partial charge in [0.05, 0.1) is 0 Å². The van der Waals surface area contributed by atoms with Gasteiger partial charge in [-0.05, 0) is 6.07 Å². The molecule has 0 bridgehead atoms. The molecular formula is C8H11N3O. The summed E-state index contributed by atoms with van der Waals surface area (Å²) < 4.78 is 0. The number of rotatable bonds is 0. The molecule has 0 saturated carbocycles. The second-order valence-corrected chi connectivity index (χ2v) is 2.24. The van der Waals surface area contributed by atoms with Crippen LogP contribution in [0.2, 0.25) is 0 Å². The van der Waals surface area contributed by atoms with Gasteiger partial charge in [-0.25, -0.2) is 0 Å². The van der Waals surface area contributed by atoms with E-state index in [1.54, 1.807) is 6.07 Å². The molecule has 6 N–H and O–H groups in total. The van der Waals surface area contributed by atoms with Crippen LogP contribution in [-0.2, 0) is 0 Å². The molecule has 12 heavy (non-hydrogen) atoms. The highest BCUT2D eigenvalue weighted by Crippen LogP contribution is 2.17. The molecule has 2 rings (SSSR count). The van der Waals surface area contributed by atoms with Crippen LogP contribution in [0.25, 0.3) is 10.9 Å².